The van der Waals surface area contributed by atoms with E-state index in [4.69, 9.17) is 49.0 Å². The molecule has 0 aliphatic heterocycles. The third-order valence-electron chi connectivity index (χ3n) is 8.00. The Kier molecular flexibility index (Phi) is 18.6. The van der Waals surface area contributed by atoms with Crippen LogP contribution in [0.2, 0.25) is 15.1 Å². The normalized spacial score (nSPS) is 10.9. The number of amides is 3. The first-order valence-electron chi connectivity index (χ1n) is 17.5. The largest absolute Gasteiger partial charge is 0.489 e. The summed E-state index contributed by atoms with van der Waals surface area (Å²) in [7, 11) is 4.06. The average Bonchev–Trinajstić information content (AvgIpc) is 3.87. The molecule has 0 saturated heterocycles. The number of H-pyrrole nitrogens is 1. The van der Waals surface area contributed by atoms with Crippen molar-refractivity contribution in [2.24, 2.45) is 0 Å². The summed E-state index contributed by atoms with van der Waals surface area (Å²) in [5.41, 5.74) is 4.25. The summed E-state index contributed by atoms with van der Waals surface area (Å²) in [5, 5.41) is 3.57. The van der Waals surface area contributed by atoms with E-state index in [1.54, 1.807) is 36.4 Å². The number of aryl methyl sites for hydroxylation is 2. The number of hydrogen-bond acceptors (Lipinski definition) is 10. The van der Waals surface area contributed by atoms with Crippen molar-refractivity contribution in [1.29, 1.82) is 0 Å². The maximum absolute atomic E-state index is 12.3. The van der Waals surface area contributed by atoms with Crippen molar-refractivity contribution in [3.05, 3.63) is 99.5 Å². The number of rotatable bonds is 12. The van der Waals surface area contributed by atoms with Gasteiger partial charge in [-0.05, 0) is 62.6 Å². The van der Waals surface area contributed by atoms with Crippen LogP contribution in [-0.2, 0) is 23.8 Å². The quantitative estimate of drug-likeness (QED) is 0.117. The molecule has 57 heavy (non-hydrogen) atoms. The monoisotopic (exact) mass is 845 g/mol. The number of nitrogens with zero attached hydrogens (tertiary/aromatic N) is 5. The second-order valence-corrected chi connectivity index (χ2v) is 13.4. The van der Waals surface area contributed by atoms with Crippen LogP contribution in [0, 0.1) is 13.8 Å². The lowest BCUT2D eigenvalue weighted by atomic mass is 10.1. The van der Waals surface area contributed by atoms with Gasteiger partial charge in [-0.15, -0.1) is 0 Å². The van der Waals surface area contributed by atoms with Gasteiger partial charge in [-0.25, -0.2) is 24.4 Å². The molecule has 1 atom stereocenters. The fourth-order valence-electron chi connectivity index (χ4n) is 5.38. The molecule has 0 radical (unpaired) electrons. The smallest absolute Gasteiger partial charge is 0.413 e. The van der Waals surface area contributed by atoms with Crippen LogP contribution in [0.5, 0.6) is 5.75 Å². The number of para-hydroxylation sites is 3. The van der Waals surface area contributed by atoms with Crippen LogP contribution < -0.4 is 15.0 Å². The highest BCUT2D eigenvalue weighted by Gasteiger charge is 2.30. The molecule has 0 aliphatic carbocycles. The second kappa shape index (κ2) is 23.0. The maximum Gasteiger partial charge on any atom is 0.413 e. The Labute approximate surface area is 346 Å². The molecule has 15 nitrogen and oxygen atoms in total. The molecule has 2 N–H and O–H groups in total. The zero-order valence-electron chi connectivity index (χ0n) is 32.7. The summed E-state index contributed by atoms with van der Waals surface area (Å²) >= 11 is 18.0. The maximum atomic E-state index is 12.3. The fraction of sp³-hybridized carbons (Fsp3) is 0.333. The Hall–Kier alpha value is -5.35. The molecule has 3 aromatic carbocycles. The Morgan fingerprint density at radius 2 is 1.60 bits per heavy atom. The SMILES string of the molecule is CCCN(CCOc1c(Cl)cc(Cl)cc1Cl)C(=O)n1ccnc1.COC(=O)Nc1nc2ccccc2[nH]1.COCC(=O)N(c1c(C)cccc1C)C(C)C(=O)OC. The number of imidazole rings is 2. The number of methoxy groups -OCH3 is 3. The number of fused-ring (bicyclic) bond motifs is 1. The molecule has 3 amide bonds. The molecule has 18 heteroatoms. The molecule has 1 unspecified atom stereocenters. The van der Waals surface area contributed by atoms with Gasteiger partial charge in [-0.1, -0.05) is 72.1 Å². The molecule has 5 aromatic rings. The number of benzene rings is 3. The Morgan fingerprint density at radius 3 is 2.16 bits per heavy atom. The summed E-state index contributed by atoms with van der Waals surface area (Å²) < 4.78 is 21.1. The van der Waals surface area contributed by atoms with Gasteiger partial charge in [0.2, 0.25) is 5.95 Å². The minimum atomic E-state index is -0.706. The standard InChI is InChI=1S/C15H16Cl3N3O2.C15H21NO4.C9H9N3O2/c1-2-4-20(15(22)21-5-3-19-10-21)6-7-23-14-12(17)8-11(16)9-13(14)18;1-10-7-6-8-11(2)14(10)16(13(17)9-19-4)12(3)15(18)20-5;1-14-9(13)12-8-10-6-4-2-3-5-7(6)11-8/h3,5,8-10H,2,4,6-7H2,1H3;6-8,12H,9H2,1-5H3;2-5H,1H3,(H2,10,11,12,13). The van der Waals surface area contributed by atoms with Crippen LogP contribution in [0.3, 0.4) is 0 Å². The highest BCUT2D eigenvalue weighted by Crippen LogP contribution is 2.35. The molecule has 0 bridgehead atoms. The molecule has 0 spiro atoms. The number of esters is 1. The first kappa shape index (κ1) is 46.0. The molecule has 2 aromatic heterocycles. The Bertz CT molecular complexity index is 2020. The van der Waals surface area contributed by atoms with E-state index in [9.17, 15) is 19.2 Å². The van der Waals surface area contributed by atoms with Gasteiger partial charge in [0, 0.05) is 31.1 Å². The Morgan fingerprint density at radius 1 is 0.930 bits per heavy atom. The van der Waals surface area contributed by atoms with Gasteiger partial charge in [0.1, 0.15) is 25.6 Å². The number of anilines is 2. The lowest BCUT2D eigenvalue weighted by Crippen LogP contribution is -2.46. The van der Waals surface area contributed by atoms with E-state index in [0.29, 0.717) is 39.9 Å². The number of aromatic amines is 1. The lowest BCUT2D eigenvalue weighted by Gasteiger charge is -2.30. The van der Waals surface area contributed by atoms with E-state index >= 15 is 0 Å². The number of carbonyl (C=O) groups is 4. The van der Waals surface area contributed by atoms with Gasteiger partial charge in [-0.3, -0.25) is 19.6 Å². The van der Waals surface area contributed by atoms with Crippen LogP contribution in [0.15, 0.2) is 73.3 Å². The van der Waals surface area contributed by atoms with E-state index in [2.05, 4.69) is 25.0 Å². The zero-order chi connectivity index (χ0) is 42.1. The summed E-state index contributed by atoms with van der Waals surface area (Å²) in [5.74, 6) is 0.0159. The van der Waals surface area contributed by atoms with E-state index in [1.807, 2.05) is 63.2 Å². The zero-order valence-corrected chi connectivity index (χ0v) is 34.9. The van der Waals surface area contributed by atoms with Gasteiger partial charge in [-0.2, -0.15) is 0 Å². The fourth-order valence-corrected chi connectivity index (χ4v) is 6.31. The molecule has 0 aliphatic rings. The van der Waals surface area contributed by atoms with Gasteiger partial charge in [0.15, 0.2) is 5.75 Å². The van der Waals surface area contributed by atoms with Crippen molar-refractivity contribution >= 4 is 81.5 Å². The van der Waals surface area contributed by atoms with Crippen LogP contribution in [0.1, 0.15) is 31.4 Å². The predicted molar refractivity (Wildman–Crippen MR) is 221 cm³/mol. The molecule has 0 saturated carbocycles. The first-order chi connectivity index (χ1) is 27.3. The predicted octanol–water partition coefficient (Wildman–Crippen LogP) is 8.19. The molecular formula is C39H46Cl3N7O8. The van der Waals surface area contributed by atoms with Crippen LogP contribution in [0.4, 0.5) is 21.2 Å². The number of aromatic nitrogens is 4. The molecular weight excluding hydrogens is 801 g/mol. The van der Waals surface area contributed by atoms with Crippen LogP contribution in [0.25, 0.3) is 11.0 Å². The third-order valence-corrected chi connectivity index (χ3v) is 8.78. The first-order valence-corrected chi connectivity index (χ1v) is 18.7. The topological polar surface area (TPSA) is 170 Å². The van der Waals surface area contributed by atoms with Gasteiger partial charge in [0.25, 0.3) is 5.91 Å². The highest BCUT2D eigenvalue weighted by molar-refractivity contribution is 6.40. The summed E-state index contributed by atoms with van der Waals surface area (Å²) in [6.07, 6.45) is 4.94. The van der Waals surface area contributed by atoms with Crippen molar-refractivity contribution in [1.82, 2.24) is 24.4 Å². The number of nitrogens with one attached hydrogen (secondary N) is 2. The molecule has 0 fully saturated rings. The van der Waals surface area contributed by atoms with E-state index in [1.165, 1.54) is 37.1 Å². The van der Waals surface area contributed by atoms with Crippen LogP contribution >= 0.6 is 34.8 Å². The van der Waals surface area contributed by atoms with E-state index in [0.717, 1.165) is 34.3 Å². The summed E-state index contributed by atoms with van der Waals surface area (Å²) in [4.78, 5) is 61.4. The van der Waals surface area contributed by atoms with Crippen molar-refractivity contribution in [3.8, 4) is 5.75 Å². The summed E-state index contributed by atoms with van der Waals surface area (Å²) in [6, 6.07) is 15.5. The number of halogens is 3. The molecule has 2 heterocycles. The average molecular weight is 847 g/mol. The van der Waals surface area contributed by atoms with E-state index in [-0.39, 0.29) is 25.2 Å². The number of ether oxygens (including phenoxy) is 4. The Balaban J connectivity index is 0.000000235. The van der Waals surface area contributed by atoms with Crippen molar-refractivity contribution in [2.45, 2.75) is 40.2 Å². The molecule has 5 rings (SSSR count). The summed E-state index contributed by atoms with van der Waals surface area (Å²) in [6.45, 7) is 8.64. The second-order valence-electron chi connectivity index (χ2n) is 12.1. The van der Waals surface area contributed by atoms with E-state index < -0.39 is 18.1 Å². The number of carbonyl (C=O) groups excluding carboxylic acids is 4. The lowest BCUT2D eigenvalue weighted by molar-refractivity contribution is -0.143. The van der Waals surface area contributed by atoms with Crippen molar-refractivity contribution in [3.63, 3.8) is 0 Å². The van der Waals surface area contributed by atoms with Crippen molar-refractivity contribution in [2.75, 3.05) is 57.8 Å². The van der Waals surface area contributed by atoms with Crippen LogP contribution in [-0.4, -0.2) is 102 Å². The minimum Gasteiger partial charge on any atom is -0.489 e. The minimum absolute atomic E-state index is 0.0882. The third kappa shape index (κ3) is 13.4. The number of hydrogen-bond donors (Lipinski definition) is 2. The van der Waals surface area contributed by atoms with Gasteiger partial charge >= 0.3 is 18.1 Å². The van der Waals surface area contributed by atoms with Crippen molar-refractivity contribution < 1.29 is 38.1 Å². The van der Waals surface area contributed by atoms with Gasteiger partial charge in [0.05, 0.1) is 47.5 Å². The highest BCUT2D eigenvalue weighted by atomic mass is 35.5. The van der Waals surface area contributed by atoms with Gasteiger partial charge < -0.3 is 28.8 Å². The molecule has 306 valence electrons.